The van der Waals surface area contributed by atoms with Gasteiger partial charge < -0.3 is 9.47 Å². The molecule has 0 amide bonds. The molecule has 0 atom stereocenters. The molecule has 0 aliphatic rings. The van der Waals surface area contributed by atoms with E-state index in [1.807, 2.05) is 18.2 Å². The van der Waals surface area contributed by atoms with Crippen LogP contribution in [0.1, 0.15) is 5.56 Å². The van der Waals surface area contributed by atoms with E-state index < -0.39 is 0 Å². The molecule has 1 rings (SSSR count). The Kier molecular flexibility index (Phi) is 4.01. The fourth-order valence-electron chi connectivity index (χ4n) is 1.24. The van der Waals surface area contributed by atoms with Crippen molar-refractivity contribution < 1.29 is 9.47 Å². The van der Waals surface area contributed by atoms with Gasteiger partial charge in [0.25, 0.3) is 0 Å². The molecule has 0 fully saturated rings. The van der Waals surface area contributed by atoms with Crippen molar-refractivity contribution in [1.82, 2.24) is 0 Å². The maximum Gasteiger partial charge on any atom is 0.168 e. The third-order valence-electron chi connectivity index (χ3n) is 1.95. The maximum atomic E-state index is 5.28. The molecular weight excluding hydrogens is 244 g/mol. The van der Waals surface area contributed by atoms with E-state index in [0.717, 1.165) is 28.0 Å². The third kappa shape index (κ3) is 2.10. The molecule has 0 radical (unpaired) electrons. The van der Waals surface area contributed by atoms with Gasteiger partial charge in [-0.2, -0.15) is 0 Å². The van der Waals surface area contributed by atoms with E-state index in [1.165, 1.54) is 0 Å². The Balaban J connectivity index is 3.21. The SMILES string of the molecule is C=C(CBr)c1cccc(OC)c1OC. The van der Waals surface area contributed by atoms with E-state index in [1.54, 1.807) is 14.2 Å². The molecule has 0 saturated carbocycles. The molecule has 14 heavy (non-hydrogen) atoms. The number of methoxy groups -OCH3 is 2. The van der Waals surface area contributed by atoms with Crippen LogP contribution in [0.2, 0.25) is 0 Å². The molecule has 3 heteroatoms. The van der Waals surface area contributed by atoms with E-state index in [4.69, 9.17) is 9.47 Å². The first-order chi connectivity index (χ1) is 6.74. The lowest BCUT2D eigenvalue weighted by Gasteiger charge is -2.12. The number of benzene rings is 1. The average molecular weight is 257 g/mol. The number of hydrogen-bond acceptors (Lipinski definition) is 2. The van der Waals surface area contributed by atoms with Crippen molar-refractivity contribution in [2.45, 2.75) is 0 Å². The maximum absolute atomic E-state index is 5.28. The Morgan fingerprint density at radius 3 is 2.57 bits per heavy atom. The summed E-state index contributed by atoms with van der Waals surface area (Å²) in [6.07, 6.45) is 0. The number of hydrogen-bond donors (Lipinski definition) is 0. The van der Waals surface area contributed by atoms with Gasteiger partial charge in [-0.15, -0.1) is 0 Å². The monoisotopic (exact) mass is 256 g/mol. The van der Waals surface area contributed by atoms with E-state index in [9.17, 15) is 0 Å². The molecule has 1 aromatic rings. The fourth-order valence-corrected chi connectivity index (χ4v) is 1.54. The van der Waals surface area contributed by atoms with Gasteiger partial charge in [-0.1, -0.05) is 34.6 Å². The molecule has 0 aromatic heterocycles. The van der Waals surface area contributed by atoms with Gasteiger partial charge in [-0.25, -0.2) is 0 Å². The van der Waals surface area contributed by atoms with Crippen LogP contribution in [0.4, 0.5) is 0 Å². The summed E-state index contributed by atoms with van der Waals surface area (Å²) in [6.45, 7) is 3.95. The molecular formula is C11H13BrO2. The Labute approximate surface area is 92.7 Å². The zero-order chi connectivity index (χ0) is 10.6. The van der Waals surface area contributed by atoms with Crippen molar-refractivity contribution in [2.24, 2.45) is 0 Å². The van der Waals surface area contributed by atoms with Crippen LogP contribution in [0.15, 0.2) is 24.8 Å². The van der Waals surface area contributed by atoms with Crippen molar-refractivity contribution in [2.75, 3.05) is 19.5 Å². The van der Waals surface area contributed by atoms with Crippen molar-refractivity contribution in [1.29, 1.82) is 0 Å². The predicted molar refractivity (Wildman–Crippen MR) is 62.4 cm³/mol. The first-order valence-corrected chi connectivity index (χ1v) is 5.31. The van der Waals surface area contributed by atoms with E-state index >= 15 is 0 Å². The molecule has 0 aliphatic heterocycles. The predicted octanol–water partition coefficient (Wildman–Crippen LogP) is 3.11. The second-order valence-electron chi connectivity index (χ2n) is 2.78. The van der Waals surface area contributed by atoms with E-state index in [0.29, 0.717) is 0 Å². The Bertz CT molecular complexity index is 334. The zero-order valence-corrected chi connectivity index (χ0v) is 9.93. The van der Waals surface area contributed by atoms with Crippen LogP contribution in [-0.2, 0) is 0 Å². The number of para-hydroxylation sites is 1. The van der Waals surface area contributed by atoms with Gasteiger partial charge in [0.05, 0.1) is 14.2 Å². The average Bonchev–Trinajstić information content (AvgIpc) is 2.26. The first kappa shape index (κ1) is 11.1. The van der Waals surface area contributed by atoms with Crippen molar-refractivity contribution in [3.8, 4) is 11.5 Å². The zero-order valence-electron chi connectivity index (χ0n) is 8.34. The highest BCUT2D eigenvalue weighted by atomic mass is 79.9. The fraction of sp³-hybridized carbons (Fsp3) is 0.273. The third-order valence-corrected chi connectivity index (χ3v) is 2.62. The van der Waals surface area contributed by atoms with Crippen LogP contribution in [0.3, 0.4) is 0 Å². The van der Waals surface area contributed by atoms with Crippen LogP contribution < -0.4 is 9.47 Å². The molecule has 0 spiro atoms. The molecule has 0 aliphatic carbocycles. The Hall–Kier alpha value is -0.960. The highest BCUT2D eigenvalue weighted by Crippen LogP contribution is 2.34. The molecule has 0 N–H and O–H groups in total. The highest BCUT2D eigenvalue weighted by molar-refractivity contribution is 9.09. The smallest absolute Gasteiger partial charge is 0.168 e. The van der Waals surface area contributed by atoms with Gasteiger partial charge in [-0.3, -0.25) is 0 Å². The molecule has 0 heterocycles. The Morgan fingerprint density at radius 2 is 2.07 bits per heavy atom. The van der Waals surface area contributed by atoms with Gasteiger partial charge >= 0.3 is 0 Å². The summed E-state index contributed by atoms with van der Waals surface area (Å²) in [4.78, 5) is 0. The minimum absolute atomic E-state index is 0.719. The van der Waals surface area contributed by atoms with Crippen molar-refractivity contribution in [3.05, 3.63) is 30.3 Å². The largest absolute Gasteiger partial charge is 0.493 e. The first-order valence-electron chi connectivity index (χ1n) is 4.19. The Morgan fingerprint density at radius 1 is 1.36 bits per heavy atom. The minimum Gasteiger partial charge on any atom is -0.493 e. The quantitative estimate of drug-likeness (QED) is 0.771. The summed E-state index contributed by atoms with van der Waals surface area (Å²) in [5.74, 6) is 1.46. The minimum atomic E-state index is 0.719. The van der Waals surface area contributed by atoms with Crippen LogP contribution in [-0.4, -0.2) is 19.5 Å². The second-order valence-corrected chi connectivity index (χ2v) is 3.34. The molecule has 0 unspecified atom stereocenters. The summed E-state index contributed by atoms with van der Waals surface area (Å²) >= 11 is 3.37. The number of halogens is 1. The van der Waals surface area contributed by atoms with Crippen LogP contribution in [0.5, 0.6) is 11.5 Å². The van der Waals surface area contributed by atoms with Gasteiger partial charge in [0, 0.05) is 10.9 Å². The van der Waals surface area contributed by atoms with Gasteiger partial charge in [0.1, 0.15) is 0 Å². The lowest BCUT2D eigenvalue weighted by atomic mass is 10.1. The van der Waals surface area contributed by atoms with Crippen LogP contribution in [0, 0.1) is 0 Å². The summed E-state index contributed by atoms with van der Waals surface area (Å²) in [5, 5.41) is 0.719. The summed E-state index contributed by atoms with van der Waals surface area (Å²) in [6, 6.07) is 5.75. The molecule has 2 nitrogen and oxygen atoms in total. The van der Waals surface area contributed by atoms with Crippen LogP contribution in [0.25, 0.3) is 5.57 Å². The van der Waals surface area contributed by atoms with Crippen molar-refractivity contribution in [3.63, 3.8) is 0 Å². The van der Waals surface area contributed by atoms with Gasteiger partial charge in [-0.05, 0) is 11.6 Å². The van der Waals surface area contributed by atoms with Crippen molar-refractivity contribution >= 4 is 21.5 Å². The lowest BCUT2D eigenvalue weighted by molar-refractivity contribution is 0.354. The van der Waals surface area contributed by atoms with E-state index in [-0.39, 0.29) is 0 Å². The highest BCUT2D eigenvalue weighted by Gasteiger charge is 2.10. The summed E-state index contributed by atoms with van der Waals surface area (Å²) in [5.41, 5.74) is 1.95. The lowest BCUT2D eigenvalue weighted by Crippen LogP contribution is -1.95. The van der Waals surface area contributed by atoms with Gasteiger partial charge in [0.15, 0.2) is 11.5 Å². The standard InChI is InChI=1S/C11H13BrO2/c1-8(7-12)9-5-4-6-10(13-2)11(9)14-3/h4-6H,1,7H2,2-3H3. The summed E-state index contributed by atoms with van der Waals surface area (Å²) < 4.78 is 10.5. The van der Waals surface area contributed by atoms with Gasteiger partial charge in [0.2, 0.25) is 0 Å². The molecule has 0 saturated heterocycles. The van der Waals surface area contributed by atoms with Crippen LogP contribution >= 0.6 is 15.9 Å². The summed E-state index contributed by atoms with van der Waals surface area (Å²) in [7, 11) is 3.25. The number of rotatable bonds is 4. The molecule has 1 aromatic carbocycles. The number of alkyl halides is 1. The second kappa shape index (κ2) is 5.05. The number of ether oxygens (including phenoxy) is 2. The van der Waals surface area contributed by atoms with E-state index in [2.05, 4.69) is 22.5 Å². The number of allylic oxidation sites excluding steroid dienone is 1. The topological polar surface area (TPSA) is 18.5 Å². The molecule has 0 bridgehead atoms. The molecule has 76 valence electrons. The normalized spacial score (nSPS) is 9.64.